The van der Waals surface area contributed by atoms with Crippen LogP contribution in [-0.2, 0) is 0 Å². The predicted octanol–water partition coefficient (Wildman–Crippen LogP) is 4.14. The average Bonchev–Trinajstić information content (AvgIpc) is 2.54. The van der Waals surface area contributed by atoms with Crippen molar-refractivity contribution in [3.63, 3.8) is 0 Å². The molecule has 3 rings (SSSR count). The number of methoxy groups -OCH3 is 1. The van der Waals surface area contributed by atoms with E-state index in [1.54, 1.807) is 30.3 Å². The van der Waals surface area contributed by atoms with Gasteiger partial charge in [0.1, 0.15) is 16.3 Å². The Kier molecular flexibility index (Phi) is 4.26. The fourth-order valence-corrected chi connectivity index (χ4v) is 3.66. The molecule has 0 radical (unpaired) electrons. The quantitative estimate of drug-likeness (QED) is 0.637. The molecule has 0 spiro atoms. The highest BCUT2D eigenvalue weighted by molar-refractivity contribution is 8.23. The molecule has 0 aromatic heterocycles. The van der Waals surface area contributed by atoms with E-state index in [4.69, 9.17) is 21.6 Å². The van der Waals surface area contributed by atoms with E-state index in [0.717, 1.165) is 0 Å². The minimum Gasteiger partial charge on any atom is -0.494 e. The zero-order chi connectivity index (χ0) is 17.3. The van der Waals surface area contributed by atoms with Gasteiger partial charge in [0, 0.05) is 16.8 Å². The molecule has 0 saturated heterocycles. The summed E-state index contributed by atoms with van der Waals surface area (Å²) in [4.78, 5) is 0.156. The summed E-state index contributed by atoms with van der Waals surface area (Å²) >= 11 is 5.98. The first-order chi connectivity index (χ1) is 11.4. The Morgan fingerprint density at radius 2 is 2.12 bits per heavy atom. The van der Waals surface area contributed by atoms with Crippen LogP contribution in [0.1, 0.15) is 5.56 Å². The summed E-state index contributed by atoms with van der Waals surface area (Å²) in [5.74, 6) is 0.482. The summed E-state index contributed by atoms with van der Waals surface area (Å²) in [6.45, 7) is 0. The highest BCUT2D eigenvalue weighted by Gasteiger charge is 2.29. The van der Waals surface area contributed by atoms with Gasteiger partial charge in [0.15, 0.2) is 0 Å². The summed E-state index contributed by atoms with van der Waals surface area (Å²) in [6.07, 6.45) is 0. The fraction of sp³-hybridized carbons (Fsp3) is 0.0667. The van der Waals surface area contributed by atoms with Crippen molar-refractivity contribution in [1.82, 2.24) is 0 Å². The van der Waals surface area contributed by atoms with Crippen LogP contribution in [0.4, 0.5) is 11.4 Å². The molecular formula is C15H13ClN4O3S. The van der Waals surface area contributed by atoms with Crippen molar-refractivity contribution in [3.05, 3.63) is 47.0 Å². The normalized spacial score (nSPS) is 16.0. The van der Waals surface area contributed by atoms with Gasteiger partial charge < -0.3 is 15.4 Å². The van der Waals surface area contributed by atoms with E-state index in [0.29, 0.717) is 27.7 Å². The summed E-state index contributed by atoms with van der Waals surface area (Å²) in [7, 11) is -2.00. The molecule has 0 atom stereocenters. The van der Waals surface area contributed by atoms with E-state index in [1.165, 1.54) is 13.2 Å². The molecule has 0 aliphatic carbocycles. The number of nitriles is 1. The number of nitrogens with one attached hydrogen (secondary N) is 2. The highest BCUT2D eigenvalue weighted by atomic mass is 35.5. The minimum absolute atomic E-state index is 0.123. The number of hydrogen-bond acceptors (Lipinski definition) is 7. The smallest absolute Gasteiger partial charge is 0.223 e. The lowest BCUT2D eigenvalue weighted by Crippen LogP contribution is -2.27. The molecule has 0 fully saturated rings. The van der Waals surface area contributed by atoms with Crippen molar-refractivity contribution >= 4 is 39.7 Å². The van der Waals surface area contributed by atoms with Gasteiger partial charge in [-0.25, -0.2) is 0 Å². The van der Waals surface area contributed by atoms with Crippen LogP contribution in [0.15, 0.2) is 45.7 Å². The lowest BCUT2D eigenvalue weighted by atomic mass is 10.2. The number of benzene rings is 2. The molecule has 1 aliphatic rings. The van der Waals surface area contributed by atoms with E-state index in [2.05, 4.69) is 15.0 Å². The predicted molar refractivity (Wildman–Crippen MR) is 95.0 cm³/mol. The van der Waals surface area contributed by atoms with Crippen molar-refractivity contribution < 1.29 is 13.8 Å². The summed E-state index contributed by atoms with van der Waals surface area (Å²) in [5, 5.41) is 15.1. The molecule has 0 amide bonds. The molecule has 24 heavy (non-hydrogen) atoms. The maximum atomic E-state index is 10.3. The van der Waals surface area contributed by atoms with E-state index in [-0.39, 0.29) is 10.9 Å². The first-order valence-electron chi connectivity index (χ1n) is 6.73. The second-order valence-electron chi connectivity index (χ2n) is 4.88. The lowest BCUT2D eigenvalue weighted by molar-refractivity contribution is 0.415. The van der Waals surface area contributed by atoms with Crippen molar-refractivity contribution in [2.45, 2.75) is 4.90 Å². The molecule has 1 heterocycles. The molecule has 1 aliphatic heterocycles. The van der Waals surface area contributed by atoms with Gasteiger partial charge in [-0.2, -0.15) is 5.26 Å². The number of anilines is 2. The van der Waals surface area contributed by atoms with Gasteiger partial charge in [-0.15, -0.1) is 4.40 Å². The first kappa shape index (κ1) is 16.4. The molecule has 0 saturated carbocycles. The van der Waals surface area contributed by atoms with Crippen LogP contribution in [-0.4, -0.2) is 22.2 Å². The Hall–Kier alpha value is -2.44. The lowest BCUT2D eigenvalue weighted by Gasteiger charge is -2.34. The molecule has 0 unspecified atom stereocenters. The largest absolute Gasteiger partial charge is 0.494 e. The number of halogens is 1. The van der Waals surface area contributed by atoms with Crippen LogP contribution in [0.5, 0.6) is 5.75 Å². The van der Waals surface area contributed by atoms with Gasteiger partial charge in [0.05, 0.1) is 18.7 Å². The Morgan fingerprint density at radius 1 is 1.33 bits per heavy atom. The fourth-order valence-electron chi connectivity index (χ4n) is 2.23. The number of fused-ring (bicyclic) bond motifs is 1. The third-order valence-electron chi connectivity index (χ3n) is 3.26. The second kappa shape index (κ2) is 6.22. The molecule has 2 aromatic carbocycles. The van der Waals surface area contributed by atoms with Gasteiger partial charge in [-0.3, -0.25) is 9.11 Å². The van der Waals surface area contributed by atoms with E-state index < -0.39 is 10.8 Å². The van der Waals surface area contributed by atoms with Crippen LogP contribution < -0.4 is 15.4 Å². The Labute approximate surface area is 145 Å². The zero-order valence-corrected chi connectivity index (χ0v) is 14.0. The third-order valence-corrected chi connectivity index (χ3v) is 4.83. The van der Waals surface area contributed by atoms with Crippen molar-refractivity contribution in [1.29, 1.82) is 5.26 Å². The van der Waals surface area contributed by atoms with Crippen LogP contribution >= 0.6 is 22.4 Å². The van der Waals surface area contributed by atoms with Crippen LogP contribution in [0.2, 0.25) is 5.02 Å². The minimum atomic E-state index is -3.45. The number of hydrogen-bond donors (Lipinski definition) is 4. The van der Waals surface area contributed by atoms with Crippen LogP contribution in [0.3, 0.4) is 0 Å². The molecule has 4 N–H and O–H groups in total. The number of ether oxygens (including phenoxy) is 1. The monoisotopic (exact) mass is 364 g/mol. The Bertz CT molecular complexity index is 880. The molecule has 9 heteroatoms. The van der Waals surface area contributed by atoms with Gasteiger partial charge >= 0.3 is 0 Å². The van der Waals surface area contributed by atoms with Crippen LogP contribution in [0, 0.1) is 11.3 Å². The molecule has 7 nitrogen and oxygen atoms in total. The highest BCUT2D eigenvalue weighted by Crippen LogP contribution is 2.57. The number of nitrogens with zero attached hydrogens (tertiary/aromatic N) is 2. The van der Waals surface area contributed by atoms with Gasteiger partial charge in [0.25, 0.3) is 0 Å². The maximum absolute atomic E-state index is 10.3. The number of guanidine groups is 1. The second-order valence-corrected chi connectivity index (χ2v) is 6.98. The standard InChI is InChI=1S/C15H13ClN4O3S/c1-23-12-6-10(16)7-13-14(12)19-15(20-24(13,21)22)18-11-4-2-3-9(5-11)8-17/h2-7,21-22H,1H3,(H2,18,19,20). The number of rotatable bonds is 2. The molecular weight excluding hydrogens is 352 g/mol. The molecule has 0 bridgehead atoms. The van der Waals surface area contributed by atoms with E-state index in [1.807, 2.05) is 6.07 Å². The van der Waals surface area contributed by atoms with Crippen molar-refractivity contribution in [2.24, 2.45) is 4.40 Å². The van der Waals surface area contributed by atoms with Crippen LogP contribution in [0.25, 0.3) is 0 Å². The summed E-state index contributed by atoms with van der Waals surface area (Å²) in [5.41, 5.74) is 1.41. The zero-order valence-electron chi connectivity index (χ0n) is 12.4. The maximum Gasteiger partial charge on any atom is 0.223 e. The van der Waals surface area contributed by atoms with Gasteiger partial charge in [0.2, 0.25) is 5.96 Å². The molecule has 2 aromatic rings. The van der Waals surface area contributed by atoms with Gasteiger partial charge in [-0.1, -0.05) is 28.4 Å². The topological polar surface area (TPSA) is 110 Å². The average molecular weight is 365 g/mol. The van der Waals surface area contributed by atoms with Crippen molar-refractivity contribution in [2.75, 3.05) is 17.7 Å². The first-order valence-corrected chi connectivity index (χ1v) is 8.61. The molecule has 124 valence electrons. The third kappa shape index (κ3) is 3.11. The Morgan fingerprint density at radius 3 is 2.83 bits per heavy atom. The SMILES string of the molecule is COc1cc(Cl)cc2c1NC(Nc1cccc(C#N)c1)=NS2(O)O. The Balaban J connectivity index is 1.99. The summed E-state index contributed by atoms with van der Waals surface area (Å²) < 4.78 is 29.8. The van der Waals surface area contributed by atoms with E-state index >= 15 is 0 Å². The summed E-state index contributed by atoms with van der Waals surface area (Å²) in [6, 6.07) is 11.7. The van der Waals surface area contributed by atoms with Crippen molar-refractivity contribution in [3.8, 4) is 11.8 Å². The van der Waals surface area contributed by atoms with E-state index in [9.17, 15) is 9.11 Å². The van der Waals surface area contributed by atoms with Gasteiger partial charge in [-0.05, 0) is 24.3 Å².